The fraction of sp³-hybridized carbons (Fsp3) is 0.320. The van der Waals surface area contributed by atoms with Gasteiger partial charge in [-0.25, -0.2) is 14.8 Å². The highest BCUT2D eigenvalue weighted by Crippen LogP contribution is 2.44. The van der Waals surface area contributed by atoms with Crippen molar-refractivity contribution in [3.8, 4) is 11.4 Å². The van der Waals surface area contributed by atoms with Gasteiger partial charge in [-0.2, -0.15) is 5.10 Å². The number of nitrogens with zero attached hydrogens (tertiary/aromatic N) is 4. The van der Waals surface area contributed by atoms with Gasteiger partial charge in [-0.05, 0) is 12.5 Å². The van der Waals surface area contributed by atoms with Crippen molar-refractivity contribution in [2.75, 3.05) is 18.9 Å². The van der Waals surface area contributed by atoms with Crippen LogP contribution in [-0.4, -0.2) is 56.0 Å². The van der Waals surface area contributed by atoms with Gasteiger partial charge in [0.1, 0.15) is 6.61 Å². The molecule has 0 unspecified atom stereocenters. The first-order valence-electron chi connectivity index (χ1n) is 11.5. The molecule has 4 N–H and O–H groups in total. The van der Waals surface area contributed by atoms with E-state index in [0.717, 1.165) is 10.4 Å². The van der Waals surface area contributed by atoms with Gasteiger partial charge in [0.2, 0.25) is 5.91 Å². The number of aliphatic hydroxyl groups is 2. The molecule has 0 bridgehead atoms. The highest BCUT2D eigenvalue weighted by Gasteiger charge is 2.47. The minimum Gasteiger partial charge on any atom is -0.458 e. The quantitative estimate of drug-likeness (QED) is 0.210. The second kappa shape index (κ2) is 8.54. The maximum Gasteiger partial charge on any atom is 0.343 e. The predicted octanol–water partition coefficient (Wildman–Crippen LogP) is 0.837. The molecule has 0 radical (unpaired) electrons. The zero-order valence-electron chi connectivity index (χ0n) is 19.8. The Morgan fingerprint density at radius 1 is 1.33 bits per heavy atom. The monoisotopic (exact) mass is 491 g/mol. The fourth-order valence-electron chi connectivity index (χ4n) is 4.95. The molecule has 36 heavy (non-hydrogen) atoms. The lowest BCUT2D eigenvalue weighted by atomic mass is 9.84. The van der Waals surface area contributed by atoms with Crippen LogP contribution in [0.25, 0.3) is 22.3 Å². The maximum absolute atomic E-state index is 13.5. The Kier molecular flexibility index (Phi) is 5.61. The number of para-hydroxylation sites is 1. The number of fused-ring (bicyclic) bond motifs is 5. The molecule has 0 saturated heterocycles. The number of aromatic nitrogens is 2. The van der Waals surface area contributed by atoms with Crippen molar-refractivity contribution in [2.24, 2.45) is 5.10 Å². The lowest BCUT2D eigenvalue weighted by molar-refractivity contribution is -0.172. The zero-order chi connectivity index (χ0) is 25.8. The van der Waals surface area contributed by atoms with Gasteiger partial charge in [0.05, 0.1) is 54.1 Å². The Morgan fingerprint density at radius 3 is 2.78 bits per heavy atom. The molecule has 5 rings (SSSR count). The lowest BCUT2D eigenvalue weighted by Crippen LogP contribution is -2.45. The Morgan fingerprint density at radius 2 is 2.08 bits per heavy atom. The number of nitrogens with two attached hydrogens (primary N) is 1. The number of hydrogen-bond acceptors (Lipinski definition) is 9. The number of ether oxygens (including phenoxy) is 1. The van der Waals surface area contributed by atoms with Crippen molar-refractivity contribution in [3.63, 3.8) is 0 Å². The second-order valence-electron chi connectivity index (χ2n) is 8.78. The summed E-state index contributed by atoms with van der Waals surface area (Å²) >= 11 is 0. The molecular formula is C25H25N5O6. The van der Waals surface area contributed by atoms with Crippen LogP contribution < -0.4 is 11.3 Å². The summed E-state index contributed by atoms with van der Waals surface area (Å²) < 4.78 is 6.59. The van der Waals surface area contributed by atoms with Gasteiger partial charge >= 0.3 is 5.97 Å². The van der Waals surface area contributed by atoms with Crippen LogP contribution in [0.1, 0.15) is 42.5 Å². The summed E-state index contributed by atoms with van der Waals surface area (Å²) in [6.07, 6.45) is 1.50. The van der Waals surface area contributed by atoms with E-state index in [4.69, 9.17) is 15.5 Å². The number of cyclic esters (lactones) is 1. The topological polar surface area (TPSA) is 160 Å². The van der Waals surface area contributed by atoms with Crippen molar-refractivity contribution in [3.05, 3.63) is 56.9 Å². The highest BCUT2D eigenvalue weighted by molar-refractivity contribution is 6.03. The molecule has 4 heterocycles. The van der Waals surface area contributed by atoms with E-state index in [9.17, 15) is 24.6 Å². The molecular weight excluding hydrogens is 466 g/mol. The molecule has 1 aromatic carbocycles. The number of nitrogen functional groups attached to an aromatic ring is 1. The minimum absolute atomic E-state index is 0.0203. The smallest absolute Gasteiger partial charge is 0.343 e. The predicted molar refractivity (Wildman–Crippen MR) is 131 cm³/mol. The van der Waals surface area contributed by atoms with Crippen LogP contribution in [0.2, 0.25) is 0 Å². The molecule has 0 spiro atoms. The van der Waals surface area contributed by atoms with E-state index in [1.54, 1.807) is 13.0 Å². The van der Waals surface area contributed by atoms with E-state index in [1.165, 1.54) is 17.7 Å². The number of pyridine rings is 2. The summed E-state index contributed by atoms with van der Waals surface area (Å²) in [5.41, 5.74) is 7.05. The first-order valence-corrected chi connectivity index (χ1v) is 11.5. The second-order valence-corrected chi connectivity index (χ2v) is 8.78. The van der Waals surface area contributed by atoms with Gasteiger partial charge in [0.25, 0.3) is 5.56 Å². The average Bonchev–Trinajstić information content (AvgIpc) is 3.25. The van der Waals surface area contributed by atoms with Crippen molar-refractivity contribution in [1.29, 1.82) is 0 Å². The SMILES string of the molecule is CC[C@@]1(O)C(=O)OCc2c1c(N)c1n(c2=O)Cc2c-1nc1ccccc1c2C=NN(CCO)C(C)=O. The summed E-state index contributed by atoms with van der Waals surface area (Å²) in [4.78, 5) is 42.8. The van der Waals surface area contributed by atoms with Crippen LogP contribution in [-0.2, 0) is 33.1 Å². The Labute approximate surface area is 205 Å². The fourth-order valence-corrected chi connectivity index (χ4v) is 4.95. The van der Waals surface area contributed by atoms with Crippen molar-refractivity contribution < 1.29 is 24.5 Å². The van der Waals surface area contributed by atoms with Crippen LogP contribution in [0, 0.1) is 0 Å². The van der Waals surface area contributed by atoms with Crippen molar-refractivity contribution in [1.82, 2.24) is 14.6 Å². The first kappa shape index (κ1) is 23.6. The van der Waals surface area contributed by atoms with Crippen molar-refractivity contribution in [2.45, 2.75) is 39.0 Å². The third kappa shape index (κ3) is 3.31. The number of benzene rings is 1. The number of amides is 1. The Hall–Kier alpha value is -4.09. The third-order valence-electron chi connectivity index (χ3n) is 6.79. The number of anilines is 1. The number of rotatable bonds is 5. The molecule has 1 atom stereocenters. The van der Waals surface area contributed by atoms with E-state index >= 15 is 0 Å². The van der Waals surface area contributed by atoms with Crippen LogP contribution >= 0.6 is 0 Å². The molecule has 11 nitrogen and oxygen atoms in total. The molecule has 3 aromatic rings. The normalized spacial score (nSPS) is 18.2. The van der Waals surface area contributed by atoms with E-state index in [2.05, 4.69) is 5.10 Å². The summed E-state index contributed by atoms with van der Waals surface area (Å²) in [6, 6.07) is 7.32. The molecule has 0 aliphatic carbocycles. The third-order valence-corrected chi connectivity index (χ3v) is 6.79. The van der Waals surface area contributed by atoms with Gasteiger partial charge in [0, 0.05) is 29.0 Å². The van der Waals surface area contributed by atoms with E-state index < -0.39 is 17.1 Å². The van der Waals surface area contributed by atoms with E-state index in [-0.39, 0.29) is 55.4 Å². The van der Waals surface area contributed by atoms with Crippen LogP contribution in [0.4, 0.5) is 5.69 Å². The molecule has 2 aliphatic heterocycles. The number of carbonyl (C=O) groups excluding carboxylic acids is 2. The summed E-state index contributed by atoms with van der Waals surface area (Å²) in [7, 11) is 0. The van der Waals surface area contributed by atoms with Crippen LogP contribution in [0.5, 0.6) is 0 Å². The van der Waals surface area contributed by atoms with Crippen LogP contribution in [0.3, 0.4) is 0 Å². The number of aliphatic hydroxyl groups excluding tert-OH is 1. The molecule has 0 saturated carbocycles. The number of hydrogen-bond donors (Lipinski definition) is 3. The number of esters is 1. The first-order chi connectivity index (χ1) is 17.2. The average molecular weight is 492 g/mol. The van der Waals surface area contributed by atoms with Gasteiger partial charge in [0.15, 0.2) is 5.60 Å². The molecule has 0 fully saturated rings. The largest absolute Gasteiger partial charge is 0.458 e. The minimum atomic E-state index is -2.04. The maximum atomic E-state index is 13.5. The molecule has 186 valence electrons. The van der Waals surface area contributed by atoms with Gasteiger partial charge in [-0.15, -0.1) is 0 Å². The summed E-state index contributed by atoms with van der Waals surface area (Å²) in [6.45, 7) is 2.58. The summed E-state index contributed by atoms with van der Waals surface area (Å²) in [5.74, 6) is -1.19. The molecule has 1 amide bonds. The number of carbonyl (C=O) groups is 2. The molecule has 11 heteroatoms. The molecule has 2 aliphatic rings. The Bertz CT molecular complexity index is 1530. The Balaban J connectivity index is 1.79. The zero-order valence-corrected chi connectivity index (χ0v) is 19.8. The molecule has 2 aromatic heterocycles. The summed E-state index contributed by atoms with van der Waals surface area (Å²) in [5, 5.41) is 26.6. The lowest BCUT2D eigenvalue weighted by Gasteiger charge is -2.33. The van der Waals surface area contributed by atoms with Gasteiger partial charge < -0.3 is 25.3 Å². The van der Waals surface area contributed by atoms with Gasteiger partial charge in [-0.1, -0.05) is 25.1 Å². The van der Waals surface area contributed by atoms with E-state index in [1.807, 2.05) is 18.2 Å². The van der Waals surface area contributed by atoms with Gasteiger partial charge in [-0.3, -0.25) is 9.59 Å². The van der Waals surface area contributed by atoms with Crippen LogP contribution in [0.15, 0.2) is 34.2 Å². The van der Waals surface area contributed by atoms with Crippen molar-refractivity contribution >= 4 is 34.7 Å². The standard InChI is InChI=1S/C25H25N5O6/c1-3-25(35)19-17(12-36-24(25)34)23(33)29-11-16-15(10-27-30(8-9-31)13(2)32)14-6-4-5-7-18(14)28-21(16)22(29)20(19)26/h4-7,10,31,35H,3,8-9,11-12,26H2,1-2H3/t25-/m0/s1. The van der Waals surface area contributed by atoms with E-state index in [0.29, 0.717) is 28.0 Å². The number of hydrazone groups is 1. The highest BCUT2D eigenvalue weighted by atomic mass is 16.6.